The Bertz CT molecular complexity index is 461. The molecule has 0 saturated carbocycles. The van der Waals surface area contributed by atoms with E-state index in [-0.39, 0.29) is 0 Å². The molecule has 0 radical (unpaired) electrons. The van der Waals surface area contributed by atoms with Crippen LogP contribution in [0.5, 0.6) is 0 Å². The molecule has 0 spiro atoms. The van der Waals surface area contributed by atoms with Crippen molar-refractivity contribution in [3.8, 4) is 0 Å². The van der Waals surface area contributed by atoms with Gasteiger partial charge in [-0.1, -0.05) is 29.8 Å². The Morgan fingerprint density at radius 2 is 2.06 bits per heavy atom. The van der Waals surface area contributed by atoms with Crippen molar-refractivity contribution < 1.29 is 9.52 Å². The second-order valence-corrected chi connectivity index (χ2v) is 4.47. The van der Waals surface area contributed by atoms with Crippen molar-refractivity contribution in [3.05, 3.63) is 59.0 Å². The fourth-order valence-corrected chi connectivity index (χ4v) is 2.12. The van der Waals surface area contributed by atoms with Gasteiger partial charge in [0.05, 0.1) is 18.1 Å². The fourth-order valence-electron chi connectivity index (χ4n) is 1.78. The van der Waals surface area contributed by atoms with E-state index in [1.807, 2.05) is 24.3 Å². The summed E-state index contributed by atoms with van der Waals surface area (Å²) in [4.78, 5) is 0. The number of hydrogen-bond donors (Lipinski definition) is 1. The first-order valence-electron chi connectivity index (χ1n) is 5.08. The predicted octanol–water partition coefficient (Wildman–Crippen LogP) is 3.38. The summed E-state index contributed by atoms with van der Waals surface area (Å²) in [5.41, 5.74) is 0.699. The highest BCUT2D eigenvalue weighted by Crippen LogP contribution is 2.30. The lowest BCUT2D eigenvalue weighted by atomic mass is 9.90. The Labute approximate surface area is 99.5 Å². The summed E-state index contributed by atoms with van der Waals surface area (Å²) in [5, 5.41) is 11.0. The van der Waals surface area contributed by atoms with Crippen LogP contribution in [0.2, 0.25) is 5.02 Å². The first-order chi connectivity index (χ1) is 7.59. The molecule has 0 amide bonds. The van der Waals surface area contributed by atoms with E-state index in [9.17, 15) is 5.11 Å². The van der Waals surface area contributed by atoms with Gasteiger partial charge in [0.25, 0.3) is 0 Å². The fraction of sp³-hybridized carbons (Fsp3) is 0.231. The average Bonchev–Trinajstić information content (AvgIpc) is 2.70. The Kier molecular flexibility index (Phi) is 3.03. The molecule has 2 nitrogen and oxygen atoms in total. The maximum atomic E-state index is 10.4. The van der Waals surface area contributed by atoms with Crippen molar-refractivity contribution in [2.75, 3.05) is 0 Å². The van der Waals surface area contributed by atoms with E-state index in [1.54, 1.807) is 25.5 Å². The van der Waals surface area contributed by atoms with Crippen LogP contribution in [-0.2, 0) is 12.0 Å². The molecular formula is C13H13ClO2. The summed E-state index contributed by atoms with van der Waals surface area (Å²) >= 11 is 6.07. The van der Waals surface area contributed by atoms with E-state index >= 15 is 0 Å². The van der Waals surface area contributed by atoms with E-state index in [2.05, 4.69) is 0 Å². The normalized spacial score (nSPS) is 14.7. The Balaban J connectivity index is 2.28. The zero-order valence-corrected chi connectivity index (χ0v) is 9.74. The first-order valence-corrected chi connectivity index (χ1v) is 5.46. The Morgan fingerprint density at radius 3 is 2.69 bits per heavy atom. The third-order valence-electron chi connectivity index (χ3n) is 2.58. The second kappa shape index (κ2) is 4.32. The van der Waals surface area contributed by atoms with Gasteiger partial charge in [-0.05, 0) is 24.6 Å². The molecule has 0 fully saturated rings. The number of hydrogen-bond acceptors (Lipinski definition) is 2. The molecule has 0 bridgehead atoms. The molecule has 2 aromatic rings. The van der Waals surface area contributed by atoms with Gasteiger partial charge in [-0.25, -0.2) is 0 Å². The molecule has 1 heterocycles. The molecule has 0 aliphatic heterocycles. The Morgan fingerprint density at radius 1 is 1.31 bits per heavy atom. The van der Waals surface area contributed by atoms with Crippen LogP contribution in [0.1, 0.15) is 18.1 Å². The topological polar surface area (TPSA) is 33.4 Å². The smallest absolute Gasteiger partial charge is 0.0935 e. The molecule has 2 rings (SSSR count). The van der Waals surface area contributed by atoms with Crippen LogP contribution >= 0.6 is 11.6 Å². The van der Waals surface area contributed by atoms with Gasteiger partial charge in [-0.3, -0.25) is 0 Å². The standard InChI is InChI=1S/C13H13ClO2/c1-13(15,8-10-6-7-16-9-10)11-4-2-3-5-12(11)14/h2-7,9,15H,8H2,1H3. The van der Waals surface area contributed by atoms with Gasteiger partial charge in [0, 0.05) is 17.0 Å². The lowest BCUT2D eigenvalue weighted by Crippen LogP contribution is -2.24. The molecule has 1 unspecified atom stereocenters. The quantitative estimate of drug-likeness (QED) is 0.886. The van der Waals surface area contributed by atoms with Gasteiger partial charge < -0.3 is 9.52 Å². The van der Waals surface area contributed by atoms with E-state index < -0.39 is 5.60 Å². The number of aliphatic hydroxyl groups is 1. The second-order valence-electron chi connectivity index (χ2n) is 4.06. The molecule has 1 atom stereocenters. The SMILES string of the molecule is CC(O)(Cc1ccoc1)c1ccccc1Cl. The monoisotopic (exact) mass is 236 g/mol. The number of halogens is 1. The van der Waals surface area contributed by atoms with Gasteiger partial charge >= 0.3 is 0 Å². The molecular weight excluding hydrogens is 224 g/mol. The molecule has 16 heavy (non-hydrogen) atoms. The summed E-state index contributed by atoms with van der Waals surface area (Å²) in [6, 6.07) is 9.17. The van der Waals surface area contributed by atoms with Crippen LogP contribution in [0.3, 0.4) is 0 Å². The Hall–Kier alpha value is -1.25. The minimum absolute atomic E-state index is 0.479. The van der Waals surface area contributed by atoms with Crippen molar-refractivity contribution in [2.24, 2.45) is 0 Å². The maximum absolute atomic E-state index is 10.4. The number of furan rings is 1. The van der Waals surface area contributed by atoms with Crippen LogP contribution in [0.15, 0.2) is 47.3 Å². The zero-order valence-electron chi connectivity index (χ0n) is 8.98. The van der Waals surface area contributed by atoms with Crippen molar-refractivity contribution in [3.63, 3.8) is 0 Å². The molecule has 0 aliphatic carbocycles. The van der Waals surface area contributed by atoms with E-state index in [0.717, 1.165) is 11.1 Å². The van der Waals surface area contributed by atoms with Crippen LogP contribution in [-0.4, -0.2) is 5.11 Å². The molecule has 1 aromatic carbocycles. The lowest BCUT2D eigenvalue weighted by molar-refractivity contribution is 0.0576. The molecule has 84 valence electrons. The molecule has 1 aromatic heterocycles. The highest BCUT2D eigenvalue weighted by Gasteiger charge is 2.26. The molecule has 0 aliphatic rings. The van der Waals surface area contributed by atoms with Gasteiger partial charge in [0.1, 0.15) is 0 Å². The van der Waals surface area contributed by atoms with Gasteiger partial charge in [0.15, 0.2) is 0 Å². The minimum atomic E-state index is -0.984. The predicted molar refractivity (Wildman–Crippen MR) is 63.4 cm³/mol. The van der Waals surface area contributed by atoms with Gasteiger partial charge in [-0.2, -0.15) is 0 Å². The first kappa shape index (κ1) is 11.2. The summed E-state index contributed by atoms with van der Waals surface area (Å²) in [5.74, 6) is 0. The lowest BCUT2D eigenvalue weighted by Gasteiger charge is -2.24. The van der Waals surface area contributed by atoms with Gasteiger partial charge in [0.2, 0.25) is 0 Å². The molecule has 0 saturated heterocycles. The van der Waals surface area contributed by atoms with Crippen LogP contribution in [0.4, 0.5) is 0 Å². The number of rotatable bonds is 3. The molecule has 3 heteroatoms. The molecule has 1 N–H and O–H groups in total. The summed E-state index contributed by atoms with van der Waals surface area (Å²) in [7, 11) is 0. The maximum Gasteiger partial charge on any atom is 0.0935 e. The van der Waals surface area contributed by atoms with Crippen LogP contribution < -0.4 is 0 Å². The largest absolute Gasteiger partial charge is 0.472 e. The van der Waals surface area contributed by atoms with Crippen molar-refractivity contribution in [1.82, 2.24) is 0 Å². The van der Waals surface area contributed by atoms with Crippen molar-refractivity contribution in [1.29, 1.82) is 0 Å². The highest BCUT2D eigenvalue weighted by atomic mass is 35.5. The van der Waals surface area contributed by atoms with Crippen molar-refractivity contribution in [2.45, 2.75) is 18.9 Å². The van der Waals surface area contributed by atoms with Crippen LogP contribution in [0.25, 0.3) is 0 Å². The summed E-state index contributed by atoms with van der Waals surface area (Å²) < 4.78 is 4.98. The number of benzene rings is 1. The van der Waals surface area contributed by atoms with Gasteiger partial charge in [-0.15, -0.1) is 0 Å². The van der Waals surface area contributed by atoms with E-state index in [4.69, 9.17) is 16.0 Å². The highest BCUT2D eigenvalue weighted by molar-refractivity contribution is 6.31. The minimum Gasteiger partial charge on any atom is -0.472 e. The summed E-state index contributed by atoms with van der Waals surface area (Å²) in [6.07, 6.45) is 3.70. The third kappa shape index (κ3) is 2.29. The summed E-state index contributed by atoms with van der Waals surface area (Å²) in [6.45, 7) is 1.75. The van der Waals surface area contributed by atoms with Crippen molar-refractivity contribution >= 4 is 11.6 Å². The zero-order chi connectivity index (χ0) is 11.6. The van der Waals surface area contributed by atoms with E-state index in [1.165, 1.54) is 0 Å². The van der Waals surface area contributed by atoms with Crippen LogP contribution in [0, 0.1) is 0 Å². The third-order valence-corrected chi connectivity index (χ3v) is 2.91. The average molecular weight is 237 g/mol. The van der Waals surface area contributed by atoms with E-state index in [0.29, 0.717) is 11.4 Å².